The van der Waals surface area contributed by atoms with Crippen molar-refractivity contribution >= 4 is 39.5 Å². The highest BCUT2D eigenvalue weighted by molar-refractivity contribution is 7.47. The summed E-state index contributed by atoms with van der Waals surface area (Å²) >= 11 is 0. The van der Waals surface area contributed by atoms with E-state index in [1.807, 2.05) is 0 Å². The summed E-state index contributed by atoms with van der Waals surface area (Å²) in [5.74, 6) is -1.36. The van der Waals surface area contributed by atoms with Crippen LogP contribution in [0.25, 0.3) is 0 Å². The number of carbonyl (C=O) groups excluding carboxylic acids is 4. The second kappa shape index (κ2) is 66.3. The highest BCUT2D eigenvalue weighted by Gasteiger charge is 2.30. The van der Waals surface area contributed by atoms with Crippen LogP contribution in [-0.4, -0.2) is 96.7 Å². The number of aliphatic hydroxyl groups excluding tert-OH is 1. The number of hydrogen-bond acceptors (Lipinski definition) is 15. The van der Waals surface area contributed by atoms with Crippen molar-refractivity contribution in [2.45, 2.75) is 400 Å². The summed E-state index contributed by atoms with van der Waals surface area (Å²) in [6.07, 6.45) is 54.0. The highest BCUT2D eigenvalue weighted by atomic mass is 31.2. The number of ether oxygens (including phenoxy) is 4. The van der Waals surface area contributed by atoms with Gasteiger partial charge >= 0.3 is 39.5 Å². The predicted octanol–water partition coefficient (Wildman–Crippen LogP) is 21.3. The summed E-state index contributed by atoms with van der Waals surface area (Å²) < 4.78 is 68.4. The van der Waals surface area contributed by atoms with E-state index in [-0.39, 0.29) is 25.7 Å². The summed E-state index contributed by atoms with van der Waals surface area (Å²) in [6, 6.07) is 0. The molecule has 0 aliphatic carbocycles. The van der Waals surface area contributed by atoms with Crippen molar-refractivity contribution in [1.29, 1.82) is 0 Å². The number of rotatable bonds is 73. The molecule has 0 aromatic heterocycles. The van der Waals surface area contributed by atoms with Crippen LogP contribution >= 0.6 is 15.6 Å². The molecule has 0 bridgehead atoms. The maximum Gasteiger partial charge on any atom is 0.472 e. The molecule has 5 atom stereocenters. The van der Waals surface area contributed by atoms with E-state index in [1.54, 1.807) is 0 Å². The van der Waals surface area contributed by atoms with Gasteiger partial charge in [0.1, 0.15) is 19.3 Å². The average Bonchev–Trinajstić information content (AvgIpc) is 1.67. The first-order valence-electron chi connectivity index (χ1n) is 38.1. The number of hydrogen-bond donors (Lipinski definition) is 3. The van der Waals surface area contributed by atoms with Crippen LogP contribution in [0.5, 0.6) is 0 Å². The quantitative estimate of drug-likeness (QED) is 0.0222. The fourth-order valence-electron chi connectivity index (χ4n) is 11.2. The van der Waals surface area contributed by atoms with Crippen LogP contribution in [0.1, 0.15) is 381 Å². The van der Waals surface area contributed by atoms with E-state index in [1.165, 1.54) is 205 Å². The van der Waals surface area contributed by atoms with Gasteiger partial charge in [0.2, 0.25) is 0 Å². The molecule has 17 nitrogen and oxygen atoms in total. The molecule has 0 amide bonds. The lowest BCUT2D eigenvalue weighted by atomic mass is 10.0. The molecule has 546 valence electrons. The first kappa shape index (κ1) is 90.1. The van der Waals surface area contributed by atoms with Gasteiger partial charge in [-0.3, -0.25) is 37.3 Å². The van der Waals surface area contributed by atoms with Crippen molar-refractivity contribution in [3.63, 3.8) is 0 Å². The molecule has 92 heavy (non-hydrogen) atoms. The zero-order valence-electron chi connectivity index (χ0n) is 59.7. The minimum Gasteiger partial charge on any atom is -0.462 e. The molecular formula is C73H142O17P2. The number of aliphatic hydroxyl groups is 1. The van der Waals surface area contributed by atoms with Gasteiger partial charge in [-0.05, 0) is 31.6 Å². The fourth-order valence-corrected chi connectivity index (χ4v) is 12.8. The van der Waals surface area contributed by atoms with E-state index in [4.69, 9.17) is 37.0 Å². The van der Waals surface area contributed by atoms with Crippen molar-refractivity contribution in [3.8, 4) is 0 Å². The normalized spacial score (nSPS) is 14.0. The van der Waals surface area contributed by atoms with Crippen LogP contribution < -0.4 is 0 Å². The Bertz CT molecular complexity index is 1770. The molecule has 0 fully saturated rings. The van der Waals surface area contributed by atoms with Crippen molar-refractivity contribution in [3.05, 3.63) is 0 Å². The highest BCUT2D eigenvalue weighted by Crippen LogP contribution is 2.45. The van der Waals surface area contributed by atoms with E-state index in [0.717, 1.165) is 95.8 Å². The molecule has 0 saturated carbocycles. The number of carbonyl (C=O) groups is 4. The molecule has 0 aliphatic heterocycles. The standard InChI is InChI=1S/C73H142O17P2/c1-6-9-12-15-18-21-23-25-26-27-28-29-30-32-39-44-49-54-59-73(78)90-69(63-84-71(76)57-52-47-42-37-34-33-36-40-45-50-55-66(4)5)65-88-92(81,82)86-61-67(74)60-85-91(79,80)87-64-68(62-83-70(75)56-51-46-41-35-20-17-14-11-8-3)89-72(77)58-53-48-43-38-31-24-22-19-16-13-10-7-2/h66-69,74H,6-65H2,1-5H3,(H,79,80)(H,81,82)/t67-,68+,69+/m0/s1. The smallest absolute Gasteiger partial charge is 0.462 e. The molecule has 19 heteroatoms. The zero-order chi connectivity index (χ0) is 67.7. The van der Waals surface area contributed by atoms with E-state index >= 15 is 0 Å². The minimum absolute atomic E-state index is 0.108. The Morgan fingerprint density at radius 3 is 0.739 bits per heavy atom. The van der Waals surface area contributed by atoms with Gasteiger partial charge in [-0.25, -0.2) is 9.13 Å². The number of phosphoric ester groups is 2. The lowest BCUT2D eigenvalue weighted by Gasteiger charge is -2.21. The van der Waals surface area contributed by atoms with Crippen molar-refractivity contribution in [2.24, 2.45) is 5.92 Å². The third kappa shape index (κ3) is 66.7. The third-order valence-electron chi connectivity index (χ3n) is 17.0. The predicted molar refractivity (Wildman–Crippen MR) is 372 cm³/mol. The molecule has 0 spiro atoms. The summed E-state index contributed by atoms with van der Waals surface area (Å²) in [4.78, 5) is 72.6. The summed E-state index contributed by atoms with van der Waals surface area (Å²) in [6.45, 7) is 7.25. The Morgan fingerprint density at radius 2 is 0.500 bits per heavy atom. The van der Waals surface area contributed by atoms with Crippen molar-refractivity contribution in [2.75, 3.05) is 39.6 Å². The second-order valence-electron chi connectivity index (χ2n) is 26.8. The van der Waals surface area contributed by atoms with Crippen LogP contribution in [-0.2, 0) is 65.4 Å². The van der Waals surface area contributed by atoms with Crippen LogP contribution in [0.2, 0.25) is 0 Å². The molecule has 0 aliphatic rings. The number of phosphoric acid groups is 2. The van der Waals surface area contributed by atoms with Gasteiger partial charge < -0.3 is 33.8 Å². The lowest BCUT2D eigenvalue weighted by Crippen LogP contribution is -2.30. The summed E-state index contributed by atoms with van der Waals surface area (Å²) in [7, 11) is -9.90. The molecule has 0 saturated heterocycles. The molecule has 2 unspecified atom stereocenters. The Kier molecular flexibility index (Phi) is 64.9. The molecule has 0 heterocycles. The topological polar surface area (TPSA) is 237 Å². The molecule has 0 aromatic carbocycles. The fraction of sp³-hybridized carbons (Fsp3) is 0.945. The molecule has 3 N–H and O–H groups in total. The zero-order valence-corrected chi connectivity index (χ0v) is 61.5. The maximum atomic E-state index is 13.1. The van der Waals surface area contributed by atoms with Crippen molar-refractivity contribution < 1.29 is 80.2 Å². The van der Waals surface area contributed by atoms with Gasteiger partial charge in [0.15, 0.2) is 12.2 Å². The lowest BCUT2D eigenvalue weighted by molar-refractivity contribution is -0.161. The molecule has 0 rings (SSSR count). The number of unbranched alkanes of at least 4 members (excludes halogenated alkanes) is 45. The van der Waals surface area contributed by atoms with E-state index < -0.39 is 97.5 Å². The maximum absolute atomic E-state index is 13.1. The Balaban J connectivity index is 5.22. The van der Waals surface area contributed by atoms with Gasteiger partial charge in [0.25, 0.3) is 0 Å². The summed E-state index contributed by atoms with van der Waals surface area (Å²) in [5.41, 5.74) is 0. The van der Waals surface area contributed by atoms with Gasteiger partial charge in [0, 0.05) is 25.7 Å². The average molecular weight is 1350 g/mol. The van der Waals surface area contributed by atoms with Crippen LogP contribution in [0.15, 0.2) is 0 Å². The van der Waals surface area contributed by atoms with E-state index in [2.05, 4.69) is 34.6 Å². The Hall–Kier alpha value is -1.94. The number of esters is 4. The molecule has 0 aromatic rings. The van der Waals surface area contributed by atoms with Gasteiger partial charge in [-0.2, -0.15) is 0 Å². The van der Waals surface area contributed by atoms with E-state index in [0.29, 0.717) is 25.7 Å². The monoisotopic (exact) mass is 1350 g/mol. The van der Waals surface area contributed by atoms with E-state index in [9.17, 15) is 43.2 Å². The van der Waals surface area contributed by atoms with Crippen molar-refractivity contribution in [1.82, 2.24) is 0 Å². The molecular weight excluding hydrogens is 1210 g/mol. The minimum atomic E-state index is -4.95. The van der Waals surface area contributed by atoms with Crippen LogP contribution in [0.3, 0.4) is 0 Å². The van der Waals surface area contributed by atoms with Crippen LogP contribution in [0.4, 0.5) is 0 Å². The van der Waals surface area contributed by atoms with Gasteiger partial charge in [0.05, 0.1) is 26.4 Å². The second-order valence-corrected chi connectivity index (χ2v) is 29.7. The summed E-state index contributed by atoms with van der Waals surface area (Å²) in [5, 5.41) is 10.6. The first-order valence-corrected chi connectivity index (χ1v) is 41.1. The van der Waals surface area contributed by atoms with Crippen LogP contribution in [0, 0.1) is 5.92 Å². The SMILES string of the molecule is CCCCCCCCCCCCCCCCCCCCC(=O)O[C@H](COC(=O)CCCCCCCCCCCCC(C)C)COP(=O)(O)OC[C@@H](O)COP(=O)(O)OC[C@@H](COC(=O)CCCCCCCCCCC)OC(=O)CCCCCCCCCCCCCC. The Labute approximate surface area is 562 Å². The third-order valence-corrected chi connectivity index (χ3v) is 18.9. The largest absolute Gasteiger partial charge is 0.472 e. The van der Waals surface area contributed by atoms with Gasteiger partial charge in [-0.1, -0.05) is 330 Å². The first-order chi connectivity index (χ1) is 44.5. The van der Waals surface area contributed by atoms with Gasteiger partial charge in [-0.15, -0.1) is 0 Å². The Morgan fingerprint density at radius 1 is 0.293 bits per heavy atom. The molecule has 0 radical (unpaired) electrons.